The van der Waals surface area contributed by atoms with Gasteiger partial charge in [0.05, 0.1) is 0 Å². The number of benzene rings is 2. The Morgan fingerprint density at radius 2 is 1.61 bits per heavy atom. The molecule has 23 heavy (non-hydrogen) atoms. The van der Waals surface area contributed by atoms with E-state index in [1.54, 1.807) is 24.8 Å². The second-order valence-electron chi connectivity index (χ2n) is 5.28. The van der Waals surface area contributed by atoms with Crippen LogP contribution in [0.2, 0.25) is 0 Å². The molecule has 0 aliphatic heterocycles. The first-order chi connectivity index (χ1) is 11.0. The summed E-state index contributed by atoms with van der Waals surface area (Å²) in [4.78, 5) is 12.4. The molecule has 0 saturated heterocycles. The van der Waals surface area contributed by atoms with E-state index in [4.69, 9.17) is 0 Å². The maximum atomic E-state index is 12.4. The monoisotopic (exact) mass is 370 g/mol. The summed E-state index contributed by atoms with van der Waals surface area (Å²) in [6.45, 7) is 3.94. The van der Waals surface area contributed by atoms with Crippen LogP contribution >= 0.6 is 15.9 Å². The second kappa shape index (κ2) is 6.34. The summed E-state index contributed by atoms with van der Waals surface area (Å²) in [5.74, 6) is -0.124. The van der Waals surface area contributed by atoms with E-state index in [0.29, 0.717) is 5.56 Å². The van der Waals surface area contributed by atoms with E-state index in [9.17, 15) is 4.79 Å². The Kier molecular flexibility index (Phi) is 4.25. The van der Waals surface area contributed by atoms with Gasteiger partial charge in [0.1, 0.15) is 12.7 Å². The number of carbonyl (C=O) groups excluding carboxylic acids is 1. The van der Waals surface area contributed by atoms with Crippen LogP contribution in [0.25, 0.3) is 5.69 Å². The van der Waals surface area contributed by atoms with Crippen LogP contribution in [-0.4, -0.2) is 20.7 Å². The molecule has 1 amide bonds. The molecular formula is C17H15BrN4O. The van der Waals surface area contributed by atoms with E-state index in [0.717, 1.165) is 27.0 Å². The molecule has 3 aromatic rings. The highest BCUT2D eigenvalue weighted by Crippen LogP contribution is 2.25. The fraction of sp³-hybridized carbons (Fsp3) is 0.118. The number of aromatic nitrogens is 3. The summed E-state index contributed by atoms with van der Waals surface area (Å²) in [5.41, 5.74) is 4.38. The number of carbonyl (C=O) groups is 1. The lowest BCUT2D eigenvalue weighted by Crippen LogP contribution is -2.14. The lowest BCUT2D eigenvalue weighted by Gasteiger charge is -2.14. The maximum Gasteiger partial charge on any atom is 0.255 e. The molecule has 1 heterocycles. The lowest BCUT2D eigenvalue weighted by molar-refractivity contribution is 0.102. The molecule has 0 bridgehead atoms. The number of aryl methyl sites for hydroxylation is 2. The molecule has 6 heteroatoms. The summed E-state index contributed by atoms with van der Waals surface area (Å²) in [7, 11) is 0. The molecule has 0 unspecified atom stereocenters. The SMILES string of the molecule is Cc1cc(-n2cnnc2)cc(C)c1NC(=O)c1ccc(Br)cc1. The summed E-state index contributed by atoms with van der Waals surface area (Å²) in [6, 6.07) is 11.3. The number of amides is 1. The van der Waals surface area contributed by atoms with Crippen LogP contribution in [-0.2, 0) is 0 Å². The van der Waals surface area contributed by atoms with Gasteiger partial charge in [0.25, 0.3) is 5.91 Å². The number of rotatable bonds is 3. The van der Waals surface area contributed by atoms with Crippen LogP contribution in [0.4, 0.5) is 5.69 Å². The van der Waals surface area contributed by atoms with Crippen molar-refractivity contribution in [2.45, 2.75) is 13.8 Å². The zero-order valence-electron chi connectivity index (χ0n) is 12.7. The van der Waals surface area contributed by atoms with Gasteiger partial charge in [-0.05, 0) is 61.4 Å². The van der Waals surface area contributed by atoms with Crippen LogP contribution < -0.4 is 5.32 Å². The summed E-state index contributed by atoms with van der Waals surface area (Å²) >= 11 is 3.37. The van der Waals surface area contributed by atoms with Crippen molar-refractivity contribution in [1.82, 2.24) is 14.8 Å². The number of hydrogen-bond acceptors (Lipinski definition) is 3. The third kappa shape index (κ3) is 3.32. The van der Waals surface area contributed by atoms with Crippen molar-refractivity contribution < 1.29 is 4.79 Å². The van der Waals surface area contributed by atoms with E-state index in [1.807, 2.05) is 42.7 Å². The van der Waals surface area contributed by atoms with Crippen molar-refractivity contribution >= 4 is 27.5 Å². The fourth-order valence-electron chi connectivity index (χ4n) is 2.41. The van der Waals surface area contributed by atoms with Gasteiger partial charge in [-0.25, -0.2) is 0 Å². The van der Waals surface area contributed by atoms with E-state index < -0.39 is 0 Å². The molecule has 1 aromatic heterocycles. The Hall–Kier alpha value is -2.47. The third-order valence-electron chi connectivity index (χ3n) is 3.58. The zero-order chi connectivity index (χ0) is 16.4. The molecule has 0 atom stereocenters. The van der Waals surface area contributed by atoms with Crippen molar-refractivity contribution in [1.29, 1.82) is 0 Å². The minimum atomic E-state index is -0.124. The molecule has 116 valence electrons. The van der Waals surface area contributed by atoms with Crippen LogP contribution in [0, 0.1) is 13.8 Å². The largest absolute Gasteiger partial charge is 0.322 e. The van der Waals surface area contributed by atoms with Gasteiger partial charge in [-0.1, -0.05) is 15.9 Å². The Balaban J connectivity index is 1.88. The van der Waals surface area contributed by atoms with Gasteiger partial charge in [0, 0.05) is 21.4 Å². The molecule has 5 nitrogen and oxygen atoms in total. The van der Waals surface area contributed by atoms with E-state index in [1.165, 1.54) is 0 Å². The predicted molar refractivity (Wildman–Crippen MR) is 92.9 cm³/mol. The fourth-order valence-corrected chi connectivity index (χ4v) is 2.67. The van der Waals surface area contributed by atoms with Crippen molar-refractivity contribution in [2.24, 2.45) is 0 Å². The van der Waals surface area contributed by atoms with Gasteiger partial charge in [0.15, 0.2) is 0 Å². The Labute approximate surface area is 142 Å². The van der Waals surface area contributed by atoms with Gasteiger partial charge in [-0.15, -0.1) is 10.2 Å². The molecule has 0 spiro atoms. The van der Waals surface area contributed by atoms with Crippen LogP contribution in [0.15, 0.2) is 53.5 Å². The van der Waals surface area contributed by atoms with Crippen LogP contribution in [0.1, 0.15) is 21.5 Å². The highest BCUT2D eigenvalue weighted by atomic mass is 79.9. The van der Waals surface area contributed by atoms with E-state index in [2.05, 4.69) is 31.4 Å². The van der Waals surface area contributed by atoms with Crippen LogP contribution in [0.5, 0.6) is 0 Å². The molecule has 2 aromatic carbocycles. The molecule has 0 aliphatic carbocycles. The molecule has 0 fully saturated rings. The number of halogens is 1. The van der Waals surface area contributed by atoms with Gasteiger partial charge in [-0.3, -0.25) is 9.36 Å². The number of anilines is 1. The standard InChI is InChI=1S/C17H15BrN4O/c1-11-7-15(22-9-19-20-10-22)8-12(2)16(11)21-17(23)13-3-5-14(18)6-4-13/h3-10H,1-2H3,(H,21,23). The van der Waals surface area contributed by atoms with Crippen molar-refractivity contribution in [3.05, 3.63) is 70.2 Å². The maximum absolute atomic E-state index is 12.4. The first-order valence-corrected chi connectivity index (χ1v) is 7.87. The zero-order valence-corrected chi connectivity index (χ0v) is 14.3. The van der Waals surface area contributed by atoms with Crippen molar-refractivity contribution in [3.8, 4) is 5.69 Å². The molecule has 1 N–H and O–H groups in total. The quantitative estimate of drug-likeness (QED) is 0.760. The predicted octanol–water partition coefficient (Wildman–Crippen LogP) is 3.90. The van der Waals surface area contributed by atoms with Crippen molar-refractivity contribution in [3.63, 3.8) is 0 Å². The van der Waals surface area contributed by atoms with Gasteiger partial charge in [0.2, 0.25) is 0 Å². The third-order valence-corrected chi connectivity index (χ3v) is 4.11. The van der Waals surface area contributed by atoms with Crippen LogP contribution in [0.3, 0.4) is 0 Å². The van der Waals surface area contributed by atoms with Gasteiger partial charge < -0.3 is 5.32 Å². The summed E-state index contributed by atoms with van der Waals surface area (Å²) in [6.07, 6.45) is 3.29. The number of nitrogens with one attached hydrogen (secondary N) is 1. The molecule has 0 saturated carbocycles. The highest BCUT2D eigenvalue weighted by molar-refractivity contribution is 9.10. The Morgan fingerprint density at radius 1 is 1.04 bits per heavy atom. The second-order valence-corrected chi connectivity index (χ2v) is 6.20. The van der Waals surface area contributed by atoms with Gasteiger partial charge >= 0.3 is 0 Å². The number of hydrogen-bond donors (Lipinski definition) is 1. The average molecular weight is 371 g/mol. The molecule has 0 radical (unpaired) electrons. The van der Waals surface area contributed by atoms with Crippen molar-refractivity contribution in [2.75, 3.05) is 5.32 Å². The minimum Gasteiger partial charge on any atom is -0.322 e. The molecule has 0 aliphatic rings. The summed E-state index contributed by atoms with van der Waals surface area (Å²) < 4.78 is 2.78. The molecular weight excluding hydrogens is 356 g/mol. The first-order valence-electron chi connectivity index (χ1n) is 7.08. The minimum absolute atomic E-state index is 0.124. The average Bonchev–Trinajstić information content (AvgIpc) is 3.05. The smallest absolute Gasteiger partial charge is 0.255 e. The molecule has 3 rings (SSSR count). The summed E-state index contributed by atoms with van der Waals surface area (Å²) in [5, 5.41) is 10.6. The highest BCUT2D eigenvalue weighted by Gasteiger charge is 2.11. The topological polar surface area (TPSA) is 59.8 Å². The normalized spacial score (nSPS) is 10.6. The van der Waals surface area contributed by atoms with Gasteiger partial charge in [-0.2, -0.15) is 0 Å². The van der Waals surface area contributed by atoms with E-state index >= 15 is 0 Å². The van der Waals surface area contributed by atoms with E-state index in [-0.39, 0.29) is 5.91 Å². The number of nitrogens with zero attached hydrogens (tertiary/aromatic N) is 3. The Morgan fingerprint density at radius 3 is 2.17 bits per heavy atom. The first kappa shape index (κ1) is 15.4. The Bertz CT molecular complexity index is 819. The lowest BCUT2D eigenvalue weighted by atomic mass is 10.1.